The normalized spacial score (nSPS) is 18.5. The van der Waals surface area contributed by atoms with Crippen LogP contribution in [0.2, 0.25) is 0 Å². The molecule has 9 heteroatoms. The first-order valence-electron chi connectivity index (χ1n) is 8.39. The fraction of sp³-hybridized carbons (Fsp3) is 0.412. The Morgan fingerprint density at radius 2 is 2.00 bits per heavy atom. The predicted molar refractivity (Wildman–Crippen MR) is 106 cm³/mol. The summed E-state index contributed by atoms with van der Waals surface area (Å²) in [5.74, 6) is 2.36. The second-order valence-corrected chi connectivity index (χ2v) is 6.33. The lowest BCUT2D eigenvalue weighted by atomic mass is 9.79. The van der Waals surface area contributed by atoms with Crippen molar-refractivity contribution < 1.29 is 0 Å². The van der Waals surface area contributed by atoms with E-state index in [1.54, 1.807) is 6.33 Å². The second-order valence-electron chi connectivity index (χ2n) is 6.33. The Morgan fingerprint density at radius 3 is 2.81 bits per heavy atom. The number of pyridine rings is 1. The summed E-state index contributed by atoms with van der Waals surface area (Å²) in [6.45, 7) is 0.836. The number of nitrogens with two attached hydrogens (primary N) is 1. The Balaban J connectivity index is 0.00000121. The fourth-order valence-electron chi connectivity index (χ4n) is 3.12. The zero-order valence-corrected chi connectivity index (χ0v) is 15.9. The number of anilines is 1. The highest BCUT2D eigenvalue weighted by molar-refractivity contribution is 5.85. The average molecular weight is 396 g/mol. The number of hydrogen-bond acceptors (Lipinski definition) is 6. The summed E-state index contributed by atoms with van der Waals surface area (Å²) in [5, 5.41) is 11.8. The summed E-state index contributed by atoms with van der Waals surface area (Å²) in [5.41, 5.74) is 7.84. The topological polar surface area (TPSA) is 94.0 Å². The van der Waals surface area contributed by atoms with Gasteiger partial charge in [0.05, 0.1) is 0 Å². The van der Waals surface area contributed by atoms with Gasteiger partial charge in [-0.05, 0) is 31.4 Å². The van der Waals surface area contributed by atoms with Crippen LogP contribution in [0.15, 0.2) is 36.8 Å². The van der Waals surface area contributed by atoms with Gasteiger partial charge >= 0.3 is 0 Å². The van der Waals surface area contributed by atoms with E-state index >= 15 is 0 Å². The highest BCUT2D eigenvalue weighted by Crippen LogP contribution is 2.34. The largest absolute Gasteiger partial charge is 0.370 e. The molecule has 0 amide bonds. The van der Waals surface area contributed by atoms with Crippen molar-refractivity contribution in [2.75, 3.05) is 11.9 Å². The minimum Gasteiger partial charge on any atom is -0.370 e. The molecule has 0 atom stereocenters. The highest BCUT2D eigenvalue weighted by Gasteiger charge is 2.28. The first kappa shape index (κ1) is 20.4. The van der Waals surface area contributed by atoms with Crippen LogP contribution in [-0.2, 0) is 6.42 Å². The highest BCUT2D eigenvalue weighted by atomic mass is 35.5. The van der Waals surface area contributed by atoms with Gasteiger partial charge in [0.25, 0.3) is 0 Å². The molecule has 0 aromatic carbocycles. The van der Waals surface area contributed by atoms with Crippen LogP contribution in [0.25, 0.3) is 5.65 Å². The number of aryl methyl sites for hydroxylation is 1. The molecule has 3 N–H and O–H groups in total. The lowest BCUT2D eigenvalue weighted by molar-refractivity contribution is 0.345. The lowest BCUT2D eigenvalue weighted by Gasteiger charge is -2.31. The number of rotatable bonds is 6. The first-order valence-corrected chi connectivity index (χ1v) is 8.39. The van der Waals surface area contributed by atoms with Gasteiger partial charge in [-0.25, -0.2) is 9.97 Å². The van der Waals surface area contributed by atoms with Gasteiger partial charge in [0.15, 0.2) is 5.65 Å². The SMILES string of the molecule is Cl.Cl.NC1CC(c2cc(NCCCc3nnc4ccccn34)ncn2)C1. The van der Waals surface area contributed by atoms with Crippen LogP contribution < -0.4 is 11.1 Å². The van der Waals surface area contributed by atoms with Crippen molar-refractivity contribution in [2.45, 2.75) is 37.6 Å². The minimum absolute atomic E-state index is 0. The van der Waals surface area contributed by atoms with E-state index in [-0.39, 0.29) is 24.8 Å². The van der Waals surface area contributed by atoms with E-state index in [1.165, 1.54) is 0 Å². The van der Waals surface area contributed by atoms with Crippen LogP contribution >= 0.6 is 24.8 Å². The number of nitrogens with zero attached hydrogens (tertiary/aromatic N) is 5. The van der Waals surface area contributed by atoms with Gasteiger partial charge in [-0.2, -0.15) is 0 Å². The Morgan fingerprint density at radius 1 is 1.15 bits per heavy atom. The summed E-state index contributed by atoms with van der Waals surface area (Å²) < 4.78 is 2.03. The molecule has 26 heavy (non-hydrogen) atoms. The summed E-state index contributed by atoms with van der Waals surface area (Å²) in [7, 11) is 0. The van der Waals surface area contributed by atoms with E-state index in [0.29, 0.717) is 12.0 Å². The van der Waals surface area contributed by atoms with Crippen LogP contribution in [-0.4, -0.2) is 37.2 Å². The Hall–Kier alpha value is -1.96. The Labute approximate surface area is 164 Å². The average Bonchev–Trinajstić information content (AvgIpc) is 2.99. The summed E-state index contributed by atoms with van der Waals surface area (Å²) in [6.07, 6.45) is 7.51. The third kappa shape index (κ3) is 4.41. The molecule has 0 radical (unpaired) electrons. The molecule has 1 aliphatic rings. The molecule has 3 heterocycles. The first-order chi connectivity index (χ1) is 11.8. The van der Waals surface area contributed by atoms with E-state index in [0.717, 1.165) is 55.2 Å². The predicted octanol–water partition coefficient (Wildman–Crippen LogP) is 2.61. The van der Waals surface area contributed by atoms with Crippen molar-refractivity contribution in [3.8, 4) is 0 Å². The quantitative estimate of drug-likeness (QED) is 0.622. The molecule has 0 spiro atoms. The van der Waals surface area contributed by atoms with E-state index in [9.17, 15) is 0 Å². The third-order valence-electron chi connectivity index (χ3n) is 4.55. The second kappa shape index (κ2) is 9.12. The third-order valence-corrected chi connectivity index (χ3v) is 4.55. The van der Waals surface area contributed by atoms with Gasteiger partial charge in [-0.15, -0.1) is 35.0 Å². The van der Waals surface area contributed by atoms with Crippen molar-refractivity contribution in [1.29, 1.82) is 0 Å². The maximum absolute atomic E-state index is 5.86. The molecule has 7 nitrogen and oxygen atoms in total. The maximum atomic E-state index is 5.86. The number of halogens is 2. The van der Waals surface area contributed by atoms with Gasteiger partial charge < -0.3 is 11.1 Å². The van der Waals surface area contributed by atoms with E-state index in [1.807, 2.05) is 34.9 Å². The molecule has 0 saturated heterocycles. The van der Waals surface area contributed by atoms with Crippen LogP contribution in [0, 0.1) is 0 Å². The van der Waals surface area contributed by atoms with Gasteiger partial charge in [0.1, 0.15) is 18.0 Å². The number of nitrogens with one attached hydrogen (secondary N) is 1. The number of hydrogen-bond donors (Lipinski definition) is 2. The summed E-state index contributed by atoms with van der Waals surface area (Å²) in [4.78, 5) is 8.67. The van der Waals surface area contributed by atoms with Gasteiger partial charge in [-0.1, -0.05) is 6.07 Å². The van der Waals surface area contributed by atoms with Crippen molar-refractivity contribution in [1.82, 2.24) is 24.6 Å². The number of aromatic nitrogens is 5. The van der Waals surface area contributed by atoms with E-state index in [4.69, 9.17) is 5.73 Å². The Kier molecular flexibility index (Phi) is 7.14. The zero-order valence-electron chi connectivity index (χ0n) is 14.3. The van der Waals surface area contributed by atoms with E-state index in [2.05, 4.69) is 25.5 Å². The van der Waals surface area contributed by atoms with Crippen molar-refractivity contribution in [2.24, 2.45) is 5.73 Å². The van der Waals surface area contributed by atoms with Gasteiger partial charge in [0.2, 0.25) is 0 Å². The molecule has 0 aliphatic heterocycles. The van der Waals surface area contributed by atoms with Gasteiger partial charge in [-0.3, -0.25) is 4.40 Å². The zero-order chi connectivity index (χ0) is 16.4. The van der Waals surface area contributed by atoms with Crippen molar-refractivity contribution >= 4 is 36.3 Å². The Bertz CT molecular complexity index is 833. The molecule has 0 unspecified atom stereocenters. The molecule has 0 bridgehead atoms. The summed E-state index contributed by atoms with van der Waals surface area (Å²) >= 11 is 0. The standard InChI is InChI=1S/C17H21N7.2ClH/c18-13-8-12(9-13)14-10-15(21-11-20-14)19-6-3-5-17-23-22-16-4-1-2-7-24(16)17;;/h1-2,4,7,10-13H,3,5-6,8-9,18H2,(H,19,20,21);2*1H. The molecular weight excluding hydrogens is 373 g/mol. The smallest absolute Gasteiger partial charge is 0.160 e. The molecule has 3 aromatic heterocycles. The monoisotopic (exact) mass is 395 g/mol. The molecule has 3 aromatic rings. The van der Waals surface area contributed by atoms with Crippen LogP contribution in [0.3, 0.4) is 0 Å². The number of fused-ring (bicyclic) bond motifs is 1. The fourth-order valence-corrected chi connectivity index (χ4v) is 3.12. The molecular formula is C17H23Cl2N7. The molecule has 140 valence electrons. The molecule has 1 saturated carbocycles. The maximum Gasteiger partial charge on any atom is 0.160 e. The van der Waals surface area contributed by atoms with Crippen LogP contribution in [0.4, 0.5) is 5.82 Å². The van der Waals surface area contributed by atoms with Crippen LogP contribution in [0.1, 0.15) is 36.7 Å². The molecule has 1 aliphatic carbocycles. The molecule has 4 rings (SSSR count). The van der Waals surface area contributed by atoms with Crippen molar-refractivity contribution in [3.05, 3.63) is 48.3 Å². The van der Waals surface area contributed by atoms with Gasteiger partial charge in [0, 0.05) is 42.9 Å². The van der Waals surface area contributed by atoms with E-state index < -0.39 is 0 Å². The summed E-state index contributed by atoms with van der Waals surface area (Å²) in [6, 6.07) is 8.30. The minimum atomic E-state index is 0. The van der Waals surface area contributed by atoms with Crippen LogP contribution in [0.5, 0.6) is 0 Å². The van der Waals surface area contributed by atoms with Crippen molar-refractivity contribution in [3.63, 3.8) is 0 Å². The molecule has 1 fully saturated rings. The lowest BCUT2D eigenvalue weighted by Crippen LogP contribution is -2.35.